The highest BCUT2D eigenvalue weighted by atomic mass is 16.4. The molecule has 6 nitrogen and oxygen atoms in total. The van der Waals surface area contributed by atoms with E-state index in [4.69, 9.17) is 5.26 Å². The zero-order valence-electron chi connectivity index (χ0n) is 10.2. The third-order valence-corrected chi connectivity index (χ3v) is 2.95. The summed E-state index contributed by atoms with van der Waals surface area (Å²) in [6.07, 6.45) is 0. The summed E-state index contributed by atoms with van der Waals surface area (Å²) in [7, 11) is 0. The molecule has 2 aromatic carbocycles. The van der Waals surface area contributed by atoms with Gasteiger partial charge >= 0.3 is 5.97 Å². The number of aromatic carboxylic acids is 1. The predicted octanol–water partition coefficient (Wildman–Crippen LogP) is 1.99. The number of para-hydroxylation sites is 2. The molecule has 0 spiro atoms. The molecular weight excluding hydrogens is 256 g/mol. The number of hydrogen-bond donors (Lipinski definition) is 1. The van der Waals surface area contributed by atoms with Gasteiger partial charge in [0.25, 0.3) is 0 Å². The van der Waals surface area contributed by atoms with E-state index < -0.39 is 5.97 Å². The summed E-state index contributed by atoms with van der Waals surface area (Å²) < 4.78 is 1.39. The van der Waals surface area contributed by atoms with Gasteiger partial charge in [-0.25, -0.2) is 9.48 Å². The molecule has 3 aromatic rings. The first kappa shape index (κ1) is 11.9. The molecule has 0 saturated heterocycles. The van der Waals surface area contributed by atoms with E-state index in [1.165, 1.54) is 10.7 Å². The lowest BCUT2D eigenvalue weighted by molar-refractivity contribution is 0.0698. The van der Waals surface area contributed by atoms with Crippen molar-refractivity contribution in [3.8, 4) is 11.8 Å². The molecule has 0 aliphatic carbocycles. The van der Waals surface area contributed by atoms with Crippen LogP contribution < -0.4 is 0 Å². The van der Waals surface area contributed by atoms with E-state index in [-0.39, 0.29) is 5.56 Å². The smallest absolute Gasteiger partial charge is 0.337 e. The lowest BCUT2D eigenvalue weighted by Gasteiger charge is -2.05. The number of nitrogens with zero attached hydrogens (tertiary/aromatic N) is 4. The van der Waals surface area contributed by atoms with Crippen LogP contribution in [0.5, 0.6) is 0 Å². The quantitative estimate of drug-likeness (QED) is 0.764. The first-order valence-corrected chi connectivity index (χ1v) is 5.79. The number of carbonyl (C=O) groups is 1. The van der Waals surface area contributed by atoms with E-state index in [1.807, 2.05) is 0 Å². The molecular formula is C14H8N4O2. The first-order valence-electron chi connectivity index (χ1n) is 5.79. The zero-order chi connectivity index (χ0) is 14.1. The minimum absolute atomic E-state index is 0.0974. The van der Waals surface area contributed by atoms with E-state index in [0.29, 0.717) is 22.3 Å². The second kappa shape index (κ2) is 4.48. The summed E-state index contributed by atoms with van der Waals surface area (Å²) in [5, 5.41) is 26.3. The molecule has 0 unspecified atom stereocenters. The van der Waals surface area contributed by atoms with Crippen molar-refractivity contribution >= 4 is 17.0 Å². The number of fused-ring (bicyclic) bond motifs is 1. The molecule has 0 radical (unpaired) electrons. The van der Waals surface area contributed by atoms with Gasteiger partial charge in [-0.3, -0.25) is 0 Å². The van der Waals surface area contributed by atoms with Crippen molar-refractivity contribution in [2.75, 3.05) is 0 Å². The minimum atomic E-state index is -1.06. The summed E-state index contributed by atoms with van der Waals surface area (Å²) >= 11 is 0. The summed E-state index contributed by atoms with van der Waals surface area (Å²) in [5.74, 6) is -1.06. The van der Waals surface area contributed by atoms with Gasteiger partial charge in [0.15, 0.2) is 0 Å². The van der Waals surface area contributed by atoms with Gasteiger partial charge in [-0.1, -0.05) is 23.4 Å². The van der Waals surface area contributed by atoms with E-state index in [9.17, 15) is 9.90 Å². The molecule has 6 heteroatoms. The molecule has 0 atom stereocenters. The fraction of sp³-hybridized carbons (Fsp3) is 0. The summed E-state index contributed by atoms with van der Waals surface area (Å²) in [6.45, 7) is 0. The molecule has 0 fully saturated rings. The molecule has 0 aliphatic heterocycles. The van der Waals surface area contributed by atoms with Crippen molar-refractivity contribution in [2.45, 2.75) is 0 Å². The summed E-state index contributed by atoms with van der Waals surface area (Å²) in [4.78, 5) is 11.3. The van der Waals surface area contributed by atoms with Crippen LogP contribution >= 0.6 is 0 Å². The van der Waals surface area contributed by atoms with Crippen LogP contribution in [0.15, 0.2) is 42.5 Å². The van der Waals surface area contributed by atoms with Crippen LogP contribution in [0.2, 0.25) is 0 Å². The van der Waals surface area contributed by atoms with Gasteiger partial charge in [-0.05, 0) is 24.3 Å². The molecule has 1 aromatic heterocycles. The maximum atomic E-state index is 11.3. The van der Waals surface area contributed by atoms with Crippen molar-refractivity contribution in [1.82, 2.24) is 15.0 Å². The van der Waals surface area contributed by atoms with E-state index >= 15 is 0 Å². The van der Waals surface area contributed by atoms with Crippen molar-refractivity contribution in [1.29, 1.82) is 5.26 Å². The number of nitriles is 1. The maximum Gasteiger partial charge on any atom is 0.337 e. The number of hydrogen-bond acceptors (Lipinski definition) is 4. The summed E-state index contributed by atoms with van der Waals surface area (Å²) in [5.41, 5.74) is 1.85. The molecule has 0 saturated carbocycles. The third kappa shape index (κ3) is 1.69. The Hall–Kier alpha value is -3.20. The lowest BCUT2D eigenvalue weighted by Crippen LogP contribution is -2.04. The van der Waals surface area contributed by atoms with Crippen molar-refractivity contribution in [3.63, 3.8) is 0 Å². The standard InChI is InChI=1S/C14H8N4O2/c15-8-9-4-1-2-7-12(9)18-13-10(14(19)20)5-3-6-11(13)16-17-18/h1-7H,(H,19,20). The predicted molar refractivity (Wildman–Crippen MR) is 70.5 cm³/mol. The largest absolute Gasteiger partial charge is 0.478 e. The number of carboxylic acids is 1. The van der Waals surface area contributed by atoms with Gasteiger partial charge < -0.3 is 5.11 Å². The van der Waals surface area contributed by atoms with Crippen LogP contribution in [0.3, 0.4) is 0 Å². The normalized spacial score (nSPS) is 10.3. The lowest BCUT2D eigenvalue weighted by atomic mass is 10.1. The number of aromatic nitrogens is 3. The highest BCUT2D eigenvalue weighted by Gasteiger charge is 2.16. The highest BCUT2D eigenvalue weighted by molar-refractivity contribution is 6.01. The molecule has 0 aliphatic rings. The Morgan fingerprint density at radius 2 is 2.00 bits per heavy atom. The average molecular weight is 264 g/mol. The first-order chi connectivity index (χ1) is 9.72. The molecule has 0 amide bonds. The number of carboxylic acid groups (broad SMARTS) is 1. The third-order valence-electron chi connectivity index (χ3n) is 2.95. The minimum Gasteiger partial charge on any atom is -0.478 e. The molecule has 0 bridgehead atoms. The SMILES string of the molecule is N#Cc1ccccc1-n1nnc2cccc(C(=O)O)c21. The monoisotopic (exact) mass is 264 g/mol. The Bertz CT molecular complexity index is 861. The fourth-order valence-electron chi connectivity index (χ4n) is 2.07. The van der Waals surface area contributed by atoms with Gasteiger partial charge in [-0.2, -0.15) is 5.26 Å². The topological polar surface area (TPSA) is 91.8 Å². The van der Waals surface area contributed by atoms with Crippen LogP contribution in [-0.4, -0.2) is 26.1 Å². The second-order valence-electron chi connectivity index (χ2n) is 4.11. The average Bonchev–Trinajstić information content (AvgIpc) is 2.90. The Morgan fingerprint density at radius 1 is 1.20 bits per heavy atom. The molecule has 3 rings (SSSR count). The Kier molecular flexibility index (Phi) is 2.66. The van der Waals surface area contributed by atoms with E-state index in [2.05, 4.69) is 16.4 Å². The zero-order valence-corrected chi connectivity index (χ0v) is 10.2. The Balaban J connectivity index is 2.38. The van der Waals surface area contributed by atoms with Crippen LogP contribution in [0.25, 0.3) is 16.7 Å². The molecule has 1 N–H and O–H groups in total. The van der Waals surface area contributed by atoms with Crippen LogP contribution in [0.4, 0.5) is 0 Å². The molecule has 20 heavy (non-hydrogen) atoms. The highest BCUT2D eigenvalue weighted by Crippen LogP contribution is 2.22. The van der Waals surface area contributed by atoms with Crippen molar-refractivity contribution in [2.24, 2.45) is 0 Å². The van der Waals surface area contributed by atoms with Gasteiger partial charge in [0.2, 0.25) is 0 Å². The molecule has 1 heterocycles. The van der Waals surface area contributed by atoms with Crippen LogP contribution in [0.1, 0.15) is 15.9 Å². The Labute approximate surface area is 113 Å². The van der Waals surface area contributed by atoms with Crippen LogP contribution in [0, 0.1) is 11.3 Å². The fourth-order valence-corrected chi connectivity index (χ4v) is 2.07. The second-order valence-corrected chi connectivity index (χ2v) is 4.11. The van der Waals surface area contributed by atoms with Crippen LogP contribution in [-0.2, 0) is 0 Å². The molecule has 96 valence electrons. The number of rotatable bonds is 2. The van der Waals surface area contributed by atoms with Crippen molar-refractivity contribution < 1.29 is 9.90 Å². The maximum absolute atomic E-state index is 11.3. The van der Waals surface area contributed by atoms with E-state index in [1.54, 1.807) is 36.4 Å². The summed E-state index contributed by atoms with van der Waals surface area (Å²) in [6, 6.07) is 13.7. The van der Waals surface area contributed by atoms with Gasteiger partial charge in [-0.15, -0.1) is 5.10 Å². The Morgan fingerprint density at radius 3 is 2.75 bits per heavy atom. The number of benzene rings is 2. The van der Waals surface area contributed by atoms with Gasteiger partial charge in [0.1, 0.15) is 17.1 Å². The van der Waals surface area contributed by atoms with Crippen molar-refractivity contribution in [3.05, 3.63) is 53.6 Å². The van der Waals surface area contributed by atoms with Gasteiger partial charge in [0, 0.05) is 0 Å². The van der Waals surface area contributed by atoms with Gasteiger partial charge in [0.05, 0.1) is 16.8 Å². The van der Waals surface area contributed by atoms with E-state index in [0.717, 1.165) is 0 Å².